The van der Waals surface area contributed by atoms with Gasteiger partial charge in [0.25, 0.3) is 0 Å². The molecule has 0 saturated heterocycles. The average molecular weight is 268 g/mol. The normalized spacial score (nSPS) is 14.7. The number of thiazole rings is 1. The molecule has 0 spiro atoms. The fourth-order valence-corrected chi connectivity index (χ4v) is 2.84. The smallest absolute Gasteiger partial charge is 0.133 e. The van der Waals surface area contributed by atoms with E-state index >= 15 is 0 Å². The standard InChI is InChI=1S/C14H12N4S/c1-2-9(1)12-6-14(16-7-15-12)18-10-3-4-11-13(5-10)19-8-17-11/h3-9H,1-2H2,(H,15,16,18). The average Bonchev–Trinajstić information content (AvgIpc) is 3.18. The van der Waals surface area contributed by atoms with Crippen LogP contribution < -0.4 is 5.32 Å². The molecule has 0 radical (unpaired) electrons. The van der Waals surface area contributed by atoms with Gasteiger partial charge in [-0.05, 0) is 31.0 Å². The molecule has 1 saturated carbocycles. The minimum atomic E-state index is 0.646. The molecule has 4 rings (SSSR count). The van der Waals surface area contributed by atoms with Crippen molar-refractivity contribution < 1.29 is 0 Å². The zero-order valence-electron chi connectivity index (χ0n) is 10.2. The molecule has 1 aliphatic carbocycles. The largest absolute Gasteiger partial charge is 0.340 e. The number of benzene rings is 1. The van der Waals surface area contributed by atoms with Crippen molar-refractivity contribution in [3.8, 4) is 0 Å². The first-order chi connectivity index (χ1) is 9.38. The number of nitrogens with zero attached hydrogens (tertiary/aromatic N) is 3. The van der Waals surface area contributed by atoms with Gasteiger partial charge >= 0.3 is 0 Å². The van der Waals surface area contributed by atoms with Gasteiger partial charge in [-0.2, -0.15) is 0 Å². The summed E-state index contributed by atoms with van der Waals surface area (Å²) in [6, 6.07) is 8.21. The minimum absolute atomic E-state index is 0.646. The van der Waals surface area contributed by atoms with Gasteiger partial charge in [0, 0.05) is 23.4 Å². The Kier molecular flexibility index (Phi) is 2.45. The Morgan fingerprint density at radius 1 is 1.11 bits per heavy atom. The molecule has 0 atom stereocenters. The molecule has 19 heavy (non-hydrogen) atoms. The highest BCUT2D eigenvalue weighted by molar-refractivity contribution is 7.16. The van der Waals surface area contributed by atoms with Crippen LogP contribution in [-0.4, -0.2) is 15.0 Å². The summed E-state index contributed by atoms with van der Waals surface area (Å²) in [6.45, 7) is 0. The first kappa shape index (κ1) is 10.9. The summed E-state index contributed by atoms with van der Waals surface area (Å²) in [5.41, 5.74) is 5.09. The van der Waals surface area contributed by atoms with Crippen LogP contribution in [0.2, 0.25) is 0 Å². The van der Waals surface area contributed by atoms with Gasteiger partial charge in [-0.1, -0.05) is 0 Å². The monoisotopic (exact) mass is 268 g/mol. The summed E-state index contributed by atoms with van der Waals surface area (Å²) in [5, 5.41) is 3.34. The van der Waals surface area contributed by atoms with E-state index in [1.165, 1.54) is 17.5 Å². The lowest BCUT2D eigenvalue weighted by Crippen LogP contribution is -1.96. The summed E-state index contributed by atoms with van der Waals surface area (Å²) in [6.07, 6.45) is 4.15. The van der Waals surface area contributed by atoms with E-state index in [1.807, 2.05) is 17.6 Å². The fourth-order valence-electron chi connectivity index (χ4n) is 2.12. The van der Waals surface area contributed by atoms with Crippen LogP contribution in [0.5, 0.6) is 0 Å². The molecule has 1 fully saturated rings. The van der Waals surface area contributed by atoms with Crippen LogP contribution in [-0.2, 0) is 0 Å². The second kappa shape index (κ2) is 4.28. The first-order valence-electron chi connectivity index (χ1n) is 6.31. The zero-order valence-corrected chi connectivity index (χ0v) is 11.0. The topological polar surface area (TPSA) is 50.7 Å². The number of anilines is 2. The van der Waals surface area contributed by atoms with Gasteiger partial charge < -0.3 is 5.32 Å². The van der Waals surface area contributed by atoms with Gasteiger partial charge in [-0.15, -0.1) is 11.3 Å². The lowest BCUT2D eigenvalue weighted by molar-refractivity contribution is 0.990. The van der Waals surface area contributed by atoms with Crippen LogP contribution in [0.25, 0.3) is 10.2 Å². The van der Waals surface area contributed by atoms with E-state index in [4.69, 9.17) is 0 Å². The number of hydrogen-bond donors (Lipinski definition) is 1. The number of nitrogens with one attached hydrogen (secondary N) is 1. The van der Waals surface area contributed by atoms with E-state index in [2.05, 4.69) is 32.4 Å². The predicted molar refractivity (Wildman–Crippen MR) is 76.9 cm³/mol. The van der Waals surface area contributed by atoms with Crippen LogP contribution in [0.3, 0.4) is 0 Å². The predicted octanol–water partition coefficient (Wildman–Crippen LogP) is 3.71. The van der Waals surface area contributed by atoms with Crippen molar-refractivity contribution in [2.75, 3.05) is 5.32 Å². The summed E-state index contributed by atoms with van der Waals surface area (Å²) in [5.74, 6) is 1.51. The Balaban J connectivity index is 1.64. The highest BCUT2D eigenvalue weighted by Gasteiger charge is 2.25. The Morgan fingerprint density at radius 2 is 2.05 bits per heavy atom. The van der Waals surface area contributed by atoms with Crippen LogP contribution in [0.4, 0.5) is 11.5 Å². The van der Waals surface area contributed by atoms with Crippen LogP contribution in [0, 0.1) is 0 Å². The van der Waals surface area contributed by atoms with Gasteiger partial charge in [0.15, 0.2) is 0 Å². The molecule has 0 unspecified atom stereocenters. The van der Waals surface area contributed by atoms with Gasteiger partial charge in [0.1, 0.15) is 12.1 Å². The van der Waals surface area contributed by atoms with Crippen molar-refractivity contribution in [1.82, 2.24) is 15.0 Å². The van der Waals surface area contributed by atoms with Gasteiger partial charge in [-0.3, -0.25) is 0 Å². The van der Waals surface area contributed by atoms with E-state index in [0.717, 1.165) is 22.7 Å². The lowest BCUT2D eigenvalue weighted by Gasteiger charge is -2.06. The Morgan fingerprint density at radius 3 is 2.95 bits per heavy atom. The van der Waals surface area contributed by atoms with Crippen molar-refractivity contribution >= 4 is 33.1 Å². The highest BCUT2D eigenvalue weighted by Crippen LogP contribution is 2.39. The number of hydrogen-bond acceptors (Lipinski definition) is 5. The molecular weight excluding hydrogens is 256 g/mol. The molecule has 2 aromatic heterocycles. The number of rotatable bonds is 3. The molecule has 1 N–H and O–H groups in total. The molecule has 2 heterocycles. The second-order valence-corrected chi connectivity index (χ2v) is 5.65. The Hall–Kier alpha value is -2.01. The maximum Gasteiger partial charge on any atom is 0.133 e. The third-order valence-corrected chi connectivity index (χ3v) is 4.08. The summed E-state index contributed by atoms with van der Waals surface area (Å²) >= 11 is 1.65. The van der Waals surface area contributed by atoms with Crippen molar-refractivity contribution in [3.05, 3.63) is 41.8 Å². The summed E-state index contributed by atoms with van der Waals surface area (Å²) in [7, 11) is 0. The van der Waals surface area contributed by atoms with Crippen molar-refractivity contribution in [1.29, 1.82) is 0 Å². The molecular formula is C14H12N4S. The van der Waals surface area contributed by atoms with E-state index < -0.39 is 0 Å². The summed E-state index contributed by atoms with van der Waals surface area (Å²) < 4.78 is 1.18. The fraction of sp³-hybridized carbons (Fsp3) is 0.214. The summed E-state index contributed by atoms with van der Waals surface area (Å²) in [4.78, 5) is 12.9. The molecule has 94 valence electrons. The molecule has 0 aliphatic heterocycles. The van der Waals surface area contributed by atoms with Gasteiger partial charge in [0.2, 0.25) is 0 Å². The highest BCUT2D eigenvalue weighted by atomic mass is 32.1. The van der Waals surface area contributed by atoms with Crippen molar-refractivity contribution in [2.45, 2.75) is 18.8 Å². The van der Waals surface area contributed by atoms with Crippen molar-refractivity contribution in [3.63, 3.8) is 0 Å². The van der Waals surface area contributed by atoms with E-state index in [9.17, 15) is 0 Å². The molecule has 1 aromatic carbocycles. The van der Waals surface area contributed by atoms with Gasteiger partial charge in [0.05, 0.1) is 15.7 Å². The molecule has 1 aliphatic rings. The number of fused-ring (bicyclic) bond motifs is 1. The Bertz CT molecular complexity index is 733. The van der Waals surface area contributed by atoms with Crippen LogP contribution in [0.15, 0.2) is 36.1 Å². The maximum absolute atomic E-state index is 4.33. The lowest BCUT2D eigenvalue weighted by atomic mass is 10.2. The second-order valence-electron chi connectivity index (χ2n) is 4.76. The third-order valence-electron chi connectivity index (χ3n) is 3.29. The zero-order chi connectivity index (χ0) is 12.7. The Labute approximate surface area is 114 Å². The van der Waals surface area contributed by atoms with E-state index in [0.29, 0.717) is 5.92 Å². The molecule has 3 aromatic rings. The third kappa shape index (κ3) is 2.17. The molecule has 0 bridgehead atoms. The van der Waals surface area contributed by atoms with Crippen molar-refractivity contribution in [2.24, 2.45) is 0 Å². The SMILES string of the molecule is c1nc(Nc2ccc3ncsc3c2)cc(C2CC2)n1. The minimum Gasteiger partial charge on any atom is -0.340 e. The number of aromatic nitrogens is 3. The maximum atomic E-state index is 4.33. The molecule has 4 nitrogen and oxygen atoms in total. The molecule has 5 heteroatoms. The van der Waals surface area contributed by atoms with Gasteiger partial charge in [-0.25, -0.2) is 15.0 Å². The van der Waals surface area contributed by atoms with E-state index in [1.54, 1.807) is 17.7 Å². The van der Waals surface area contributed by atoms with Crippen LogP contribution >= 0.6 is 11.3 Å². The first-order valence-corrected chi connectivity index (χ1v) is 7.19. The molecule has 0 amide bonds. The van der Waals surface area contributed by atoms with E-state index in [-0.39, 0.29) is 0 Å². The quantitative estimate of drug-likeness (QED) is 0.786. The van der Waals surface area contributed by atoms with Crippen LogP contribution in [0.1, 0.15) is 24.5 Å².